The predicted molar refractivity (Wildman–Crippen MR) is 73.7 cm³/mol. The van der Waals surface area contributed by atoms with E-state index in [1.807, 2.05) is 0 Å². The highest BCUT2D eigenvalue weighted by Crippen LogP contribution is 2.35. The lowest BCUT2D eigenvalue weighted by Crippen LogP contribution is -2.38. The van der Waals surface area contributed by atoms with Crippen LogP contribution in [-0.2, 0) is 5.54 Å². The van der Waals surface area contributed by atoms with Gasteiger partial charge < -0.3 is 10.3 Å². The third-order valence-corrected chi connectivity index (χ3v) is 4.08. The molecule has 1 aromatic carbocycles. The van der Waals surface area contributed by atoms with E-state index in [1.165, 1.54) is 24.6 Å². The van der Waals surface area contributed by atoms with Gasteiger partial charge in [-0.25, -0.2) is 4.39 Å². The summed E-state index contributed by atoms with van der Waals surface area (Å²) >= 11 is 6.00. The lowest BCUT2D eigenvalue weighted by molar-refractivity contribution is 0.220. The molecule has 1 heterocycles. The molecule has 1 saturated carbocycles. The van der Waals surface area contributed by atoms with Crippen LogP contribution in [0, 0.1) is 5.82 Å². The zero-order valence-electron chi connectivity index (χ0n) is 10.9. The van der Waals surface area contributed by atoms with Gasteiger partial charge in [0, 0.05) is 5.56 Å². The molecule has 2 aromatic rings. The van der Waals surface area contributed by atoms with Gasteiger partial charge in [0.05, 0.1) is 10.6 Å². The second-order valence-electron chi connectivity index (χ2n) is 5.26. The van der Waals surface area contributed by atoms with Crippen molar-refractivity contribution in [3.8, 4) is 11.4 Å². The van der Waals surface area contributed by atoms with Crippen LogP contribution in [0.25, 0.3) is 11.4 Å². The van der Waals surface area contributed by atoms with E-state index >= 15 is 0 Å². The molecule has 4 nitrogen and oxygen atoms in total. The summed E-state index contributed by atoms with van der Waals surface area (Å²) < 4.78 is 18.4. The topological polar surface area (TPSA) is 64.9 Å². The zero-order valence-corrected chi connectivity index (χ0v) is 11.7. The summed E-state index contributed by atoms with van der Waals surface area (Å²) in [5, 5.41) is 4.18. The van der Waals surface area contributed by atoms with Gasteiger partial charge in [-0.1, -0.05) is 36.0 Å². The van der Waals surface area contributed by atoms with Gasteiger partial charge in [-0.05, 0) is 31.0 Å². The third-order valence-electron chi connectivity index (χ3n) is 3.77. The molecule has 6 heteroatoms. The van der Waals surface area contributed by atoms with Crippen molar-refractivity contribution in [1.29, 1.82) is 0 Å². The van der Waals surface area contributed by atoms with Gasteiger partial charge in [0.15, 0.2) is 0 Å². The average molecular weight is 296 g/mol. The summed E-state index contributed by atoms with van der Waals surface area (Å²) in [5.74, 6) is 0.387. The van der Waals surface area contributed by atoms with Gasteiger partial charge in [0.2, 0.25) is 11.7 Å². The molecule has 0 radical (unpaired) electrons. The largest absolute Gasteiger partial charge is 0.337 e. The van der Waals surface area contributed by atoms with Crippen molar-refractivity contribution < 1.29 is 8.91 Å². The molecule has 0 aliphatic heterocycles. The summed E-state index contributed by atoms with van der Waals surface area (Å²) in [4.78, 5) is 4.36. The maximum atomic E-state index is 13.1. The van der Waals surface area contributed by atoms with Crippen molar-refractivity contribution in [2.75, 3.05) is 0 Å². The van der Waals surface area contributed by atoms with E-state index in [2.05, 4.69) is 10.1 Å². The molecule has 0 saturated heterocycles. The first-order chi connectivity index (χ1) is 9.58. The minimum Gasteiger partial charge on any atom is -0.337 e. The maximum absolute atomic E-state index is 13.1. The van der Waals surface area contributed by atoms with E-state index in [0.717, 1.165) is 25.7 Å². The van der Waals surface area contributed by atoms with Crippen LogP contribution in [0.5, 0.6) is 0 Å². The molecule has 0 spiro atoms. The first-order valence-corrected chi connectivity index (χ1v) is 7.05. The van der Waals surface area contributed by atoms with Crippen LogP contribution in [0.15, 0.2) is 22.7 Å². The Morgan fingerprint density at radius 2 is 2.00 bits per heavy atom. The van der Waals surface area contributed by atoms with Gasteiger partial charge in [0.25, 0.3) is 0 Å². The molecule has 0 bridgehead atoms. The Morgan fingerprint density at radius 1 is 1.25 bits per heavy atom. The van der Waals surface area contributed by atoms with Crippen LogP contribution in [-0.4, -0.2) is 10.1 Å². The van der Waals surface area contributed by atoms with Crippen molar-refractivity contribution in [1.82, 2.24) is 10.1 Å². The van der Waals surface area contributed by atoms with Crippen molar-refractivity contribution in [2.45, 2.75) is 37.6 Å². The highest BCUT2D eigenvalue weighted by Gasteiger charge is 2.35. The highest BCUT2D eigenvalue weighted by atomic mass is 35.5. The number of nitrogens with zero attached hydrogens (tertiary/aromatic N) is 2. The molecule has 106 valence electrons. The Balaban J connectivity index is 1.93. The van der Waals surface area contributed by atoms with Gasteiger partial charge in [-0.15, -0.1) is 0 Å². The Bertz CT molecular complexity index is 623. The molecule has 0 atom stereocenters. The normalized spacial score (nSPS) is 18.1. The van der Waals surface area contributed by atoms with E-state index in [1.54, 1.807) is 0 Å². The predicted octanol–water partition coefficient (Wildman–Crippen LogP) is 3.65. The van der Waals surface area contributed by atoms with Gasteiger partial charge >= 0.3 is 0 Å². The molecular weight excluding hydrogens is 281 g/mol. The lowest BCUT2D eigenvalue weighted by atomic mass is 9.82. The van der Waals surface area contributed by atoms with Crippen LogP contribution < -0.4 is 5.73 Å². The molecule has 1 fully saturated rings. The molecule has 2 N–H and O–H groups in total. The minimum absolute atomic E-state index is 0.257. The molecule has 1 aliphatic rings. The van der Waals surface area contributed by atoms with Crippen LogP contribution >= 0.6 is 11.6 Å². The van der Waals surface area contributed by atoms with Gasteiger partial charge in [-0.3, -0.25) is 0 Å². The van der Waals surface area contributed by atoms with E-state index in [4.69, 9.17) is 21.9 Å². The number of hydrogen-bond acceptors (Lipinski definition) is 4. The van der Waals surface area contributed by atoms with Crippen LogP contribution in [0.1, 0.15) is 38.0 Å². The molecule has 0 unspecified atom stereocenters. The quantitative estimate of drug-likeness (QED) is 0.918. The fourth-order valence-electron chi connectivity index (χ4n) is 2.60. The molecule has 1 aliphatic carbocycles. The number of aromatic nitrogens is 2. The standard InChI is InChI=1S/C14H15ClFN3O/c15-11-8-9(16)4-5-10(11)12-18-13(20-19-12)14(17)6-2-1-3-7-14/h4-5,8H,1-3,6-7,17H2. The second kappa shape index (κ2) is 5.14. The summed E-state index contributed by atoms with van der Waals surface area (Å²) in [5.41, 5.74) is 6.34. The fourth-order valence-corrected chi connectivity index (χ4v) is 2.85. The van der Waals surface area contributed by atoms with Crippen LogP contribution in [0.4, 0.5) is 4.39 Å². The van der Waals surface area contributed by atoms with Crippen molar-refractivity contribution in [2.24, 2.45) is 5.73 Å². The summed E-state index contributed by atoms with van der Waals surface area (Å²) in [6.45, 7) is 0. The average Bonchev–Trinajstić information content (AvgIpc) is 2.90. The molecular formula is C14H15ClFN3O. The molecule has 0 amide bonds. The first kappa shape index (κ1) is 13.5. The van der Waals surface area contributed by atoms with E-state index in [0.29, 0.717) is 17.3 Å². The Hall–Kier alpha value is -1.46. The minimum atomic E-state index is -0.546. The van der Waals surface area contributed by atoms with Gasteiger partial charge in [0.1, 0.15) is 5.82 Å². The lowest BCUT2D eigenvalue weighted by Gasteiger charge is -2.29. The summed E-state index contributed by atoms with van der Waals surface area (Å²) in [6, 6.07) is 4.08. The Labute approximate surface area is 121 Å². The van der Waals surface area contributed by atoms with Crippen LogP contribution in [0.2, 0.25) is 5.02 Å². The number of nitrogens with two attached hydrogens (primary N) is 1. The third kappa shape index (κ3) is 2.43. The van der Waals surface area contributed by atoms with E-state index in [9.17, 15) is 4.39 Å². The number of rotatable bonds is 2. The first-order valence-electron chi connectivity index (χ1n) is 6.67. The Morgan fingerprint density at radius 3 is 2.70 bits per heavy atom. The summed E-state index contributed by atoms with van der Waals surface area (Å²) in [7, 11) is 0. The molecule has 1 aromatic heterocycles. The smallest absolute Gasteiger partial charge is 0.247 e. The highest BCUT2D eigenvalue weighted by molar-refractivity contribution is 6.33. The SMILES string of the molecule is NC1(c2nc(-c3ccc(F)cc3Cl)no2)CCCCC1. The van der Waals surface area contributed by atoms with Crippen LogP contribution in [0.3, 0.4) is 0 Å². The van der Waals surface area contributed by atoms with E-state index in [-0.39, 0.29) is 5.02 Å². The maximum Gasteiger partial charge on any atom is 0.247 e. The van der Waals surface area contributed by atoms with Crippen molar-refractivity contribution >= 4 is 11.6 Å². The Kier molecular flexibility index (Phi) is 3.48. The monoisotopic (exact) mass is 295 g/mol. The second-order valence-corrected chi connectivity index (χ2v) is 5.67. The van der Waals surface area contributed by atoms with E-state index < -0.39 is 11.4 Å². The molecule has 3 rings (SSSR count). The zero-order chi connectivity index (χ0) is 14.2. The summed E-state index contributed by atoms with van der Waals surface area (Å²) in [6.07, 6.45) is 4.98. The van der Waals surface area contributed by atoms with Crippen molar-refractivity contribution in [3.05, 3.63) is 34.9 Å². The van der Waals surface area contributed by atoms with Gasteiger partial charge in [-0.2, -0.15) is 4.98 Å². The van der Waals surface area contributed by atoms with Crippen molar-refractivity contribution in [3.63, 3.8) is 0 Å². The molecule has 20 heavy (non-hydrogen) atoms. The number of benzene rings is 1. The number of halogens is 2. The fraction of sp³-hybridized carbons (Fsp3) is 0.429. The number of hydrogen-bond donors (Lipinski definition) is 1.